The number of pyridine rings is 1. The molecular weight excluding hydrogens is 294 g/mol. The number of fused-ring (bicyclic) bond motifs is 1. The van der Waals surface area contributed by atoms with E-state index < -0.39 is 23.8 Å². The summed E-state index contributed by atoms with van der Waals surface area (Å²) >= 11 is 0. The number of nitrogens with zero attached hydrogens (tertiary/aromatic N) is 3. The van der Waals surface area contributed by atoms with Crippen molar-refractivity contribution in [3.05, 3.63) is 29.7 Å². The summed E-state index contributed by atoms with van der Waals surface area (Å²) < 4.78 is 26.7. The summed E-state index contributed by atoms with van der Waals surface area (Å²) in [6.45, 7) is 3.75. The molecule has 0 bridgehead atoms. The molecule has 6 nitrogen and oxygen atoms in total. The lowest BCUT2D eigenvalue weighted by Gasteiger charge is -2.25. The van der Waals surface area contributed by atoms with Crippen LogP contribution in [0, 0.1) is 0 Å². The fraction of sp³-hybridized carbons (Fsp3) is 0.500. The molecule has 2 heterocycles. The third-order valence-corrected chi connectivity index (χ3v) is 3.78. The van der Waals surface area contributed by atoms with E-state index in [1.807, 2.05) is 13.8 Å². The molecule has 2 aromatic rings. The van der Waals surface area contributed by atoms with Crippen LogP contribution >= 0.6 is 0 Å². The standard InChI is InChI=1S/C14H18F2N4O2/c1-3-14(22,4-2)8-17-13(21)9-5-6-10-18-19-12(11(15)16)20(10)7-9/h5-7,11,22H,3-4,8H2,1-2H3,(H,17,21). The molecule has 2 rings (SSSR count). The third kappa shape index (κ3) is 3.22. The van der Waals surface area contributed by atoms with E-state index in [2.05, 4.69) is 15.5 Å². The Kier molecular flexibility index (Phi) is 4.70. The molecule has 0 unspecified atom stereocenters. The van der Waals surface area contributed by atoms with Crippen LogP contribution in [0.4, 0.5) is 8.78 Å². The van der Waals surface area contributed by atoms with E-state index in [9.17, 15) is 18.7 Å². The van der Waals surface area contributed by atoms with Gasteiger partial charge in [0.05, 0.1) is 11.2 Å². The molecule has 22 heavy (non-hydrogen) atoms. The van der Waals surface area contributed by atoms with Crippen LogP contribution < -0.4 is 5.32 Å². The van der Waals surface area contributed by atoms with Gasteiger partial charge in [-0.2, -0.15) is 0 Å². The minimum Gasteiger partial charge on any atom is -0.388 e. The first-order valence-electron chi connectivity index (χ1n) is 7.03. The number of alkyl halides is 2. The van der Waals surface area contributed by atoms with Crippen molar-refractivity contribution in [3.8, 4) is 0 Å². The summed E-state index contributed by atoms with van der Waals surface area (Å²) in [4.78, 5) is 12.1. The molecule has 0 saturated carbocycles. The molecule has 0 saturated heterocycles. The maximum atomic E-state index is 12.8. The number of carbonyl (C=O) groups is 1. The zero-order valence-electron chi connectivity index (χ0n) is 12.4. The van der Waals surface area contributed by atoms with Gasteiger partial charge in [-0.05, 0) is 25.0 Å². The van der Waals surface area contributed by atoms with Crippen LogP contribution in [0.15, 0.2) is 18.3 Å². The van der Waals surface area contributed by atoms with E-state index in [-0.39, 0.29) is 17.8 Å². The maximum absolute atomic E-state index is 12.8. The summed E-state index contributed by atoms with van der Waals surface area (Å²) in [7, 11) is 0. The molecule has 0 radical (unpaired) electrons. The Hall–Kier alpha value is -2.09. The Morgan fingerprint density at radius 3 is 2.64 bits per heavy atom. The van der Waals surface area contributed by atoms with Crippen molar-refractivity contribution in [2.45, 2.75) is 38.7 Å². The first-order chi connectivity index (χ1) is 10.4. The van der Waals surface area contributed by atoms with Gasteiger partial charge in [-0.25, -0.2) is 8.78 Å². The normalized spacial score (nSPS) is 12.1. The van der Waals surface area contributed by atoms with E-state index in [4.69, 9.17) is 0 Å². The summed E-state index contributed by atoms with van der Waals surface area (Å²) in [6, 6.07) is 2.92. The first-order valence-corrected chi connectivity index (χ1v) is 7.03. The second kappa shape index (κ2) is 6.35. The first kappa shape index (κ1) is 16.3. The maximum Gasteiger partial charge on any atom is 0.297 e. The van der Waals surface area contributed by atoms with E-state index in [0.29, 0.717) is 12.8 Å². The zero-order chi connectivity index (χ0) is 16.3. The molecule has 2 aromatic heterocycles. The highest BCUT2D eigenvalue weighted by Crippen LogP contribution is 2.18. The van der Waals surface area contributed by atoms with Gasteiger partial charge in [0.1, 0.15) is 0 Å². The number of nitrogens with one attached hydrogen (secondary N) is 1. The van der Waals surface area contributed by atoms with Gasteiger partial charge in [0.25, 0.3) is 12.3 Å². The molecule has 0 atom stereocenters. The fourth-order valence-corrected chi connectivity index (χ4v) is 2.04. The van der Waals surface area contributed by atoms with Crippen molar-refractivity contribution in [2.24, 2.45) is 0 Å². The smallest absolute Gasteiger partial charge is 0.297 e. The predicted octanol–water partition coefficient (Wildman–Crippen LogP) is 1.95. The predicted molar refractivity (Wildman–Crippen MR) is 75.8 cm³/mol. The monoisotopic (exact) mass is 312 g/mol. The van der Waals surface area contributed by atoms with Crippen molar-refractivity contribution in [1.82, 2.24) is 19.9 Å². The third-order valence-electron chi connectivity index (χ3n) is 3.78. The Bertz CT molecular complexity index is 668. The van der Waals surface area contributed by atoms with Gasteiger partial charge >= 0.3 is 0 Å². The highest BCUT2D eigenvalue weighted by atomic mass is 19.3. The Morgan fingerprint density at radius 2 is 2.05 bits per heavy atom. The van der Waals surface area contributed by atoms with Crippen LogP contribution in [0.1, 0.15) is 49.3 Å². The lowest BCUT2D eigenvalue weighted by molar-refractivity contribution is 0.0314. The zero-order valence-corrected chi connectivity index (χ0v) is 12.4. The van der Waals surface area contributed by atoms with E-state index in [1.54, 1.807) is 0 Å². The van der Waals surface area contributed by atoms with E-state index >= 15 is 0 Å². The summed E-state index contributed by atoms with van der Waals surface area (Å²) in [5.74, 6) is -0.959. The van der Waals surface area contributed by atoms with Crippen LogP contribution in [0.5, 0.6) is 0 Å². The van der Waals surface area contributed by atoms with Crippen molar-refractivity contribution in [2.75, 3.05) is 6.54 Å². The number of hydrogen-bond donors (Lipinski definition) is 2. The molecular formula is C14H18F2N4O2. The van der Waals surface area contributed by atoms with Crippen LogP contribution in [0.3, 0.4) is 0 Å². The average Bonchev–Trinajstić information content (AvgIpc) is 2.95. The van der Waals surface area contributed by atoms with Crippen molar-refractivity contribution in [1.29, 1.82) is 0 Å². The molecule has 8 heteroatoms. The van der Waals surface area contributed by atoms with Crippen LogP contribution in [0.25, 0.3) is 5.65 Å². The molecule has 0 aliphatic rings. The molecule has 0 fully saturated rings. The van der Waals surface area contributed by atoms with Gasteiger partial charge in [0.15, 0.2) is 5.65 Å². The largest absolute Gasteiger partial charge is 0.388 e. The van der Waals surface area contributed by atoms with Crippen molar-refractivity contribution < 1.29 is 18.7 Å². The summed E-state index contributed by atoms with van der Waals surface area (Å²) in [5.41, 5.74) is -0.529. The molecule has 2 N–H and O–H groups in total. The number of rotatable bonds is 6. The van der Waals surface area contributed by atoms with Gasteiger partial charge < -0.3 is 10.4 Å². The average molecular weight is 312 g/mol. The molecule has 0 spiro atoms. The number of amides is 1. The minimum absolute atomic E-state index is 0.0980. The number of carbonyl (C=O) groups excluding carboxylic acids is 1. The number of halogens is 2. The highest BCUT2D eigenvalue weighted by Gasteiger charge is 2.23. The van der Waals surface area contributed by atoms with E-state index in [1.165, 1.54) is 18.3 Å². The van der Waals surface area contributed by atoms with Gasteiger partial charge in [-0.1, -0.05) is 13.8 Å². The van der Waals surface area contributed by atoms with Crippen LogP contribution in [-0.4, -0.2) is 37.8 Å². The van der Waals surface area contributed by atoms with Gasteiger partial charge in [0, 0.05) is 12.7 Å². The van der Waals surface area contributed by atoms with Crippen LogP contribution in [0.2, 0.25) is 0 Å². The van der Waals surface area contributed by atoms with Crippen LogP contribution in [-0.2, 0) is 0 Å². The Balaban J connectivity index is 2.20. The van der Waals surface area contributed by atoms with Gasteiger partial charge in [-0.3, -0.25) is 9.20 Å². The van der Waals surface area contributed by atoms with Crippen molar-refractivity contribution in [3.63, 3.8) is 0 Å². The Labute approximate surface area is 126 Å². The minimum atomic E-state index is -2.78. The van der Waals surface area contributed by atoms with Gasteiger partial charge in [-0.15, -0.1) is 10.2 Å². The summed E-state index contributed by atoms with van der Waals surface area (Å²) in [6.07, 6.45) is -0.505. The number of aromatic nitrogens is 3. The van der Waals surface area contributed by atoms with Crippen molar-refractivity contribution >= 4 is 11.6 Å². The Morgan fingerprint density at radius 1 is 1.36 bits per heavy atom. The van der Waals surface area contributed by atoms with E-state index in [0.717, 1.165) is 4.40 Å². The lowest BCUT2D eigenvalue weighted by atomic mass is 9.97. The molecule has 0 aromatic carbocycles. The molecule has 1 amide bonds. The second-order valence-corrected chi connectivity index (χ2v) is 5.12. The summed E-state index contributed by atoms with van der Waals surface area (Å²) in [5, 5.41) is 19.8. The molecule has 0 aliphatic heterocycles. The topological polar surface area (TPSA) is 79.5 Å². The van der Waals surface area contributed by atoms with Gasteiger partial charge in [0.2, 0.25) is 5.82 Å². The SMILES string of the molecule is CCC(O)(CC)CNC(=O)c1ccc2nnc(C(F)F)n2c1. The molecule has 120 valence electrons. The fourth-order valence-electron chi connectivity index (χ4n) is 2.04. The number of hydrogen-bond acceptors (Lipinski definition) is 4. The quantitative estimate of drug-likeness (QED) is 0.854. The molecule has 0 aliphatic carbocycles. The highest BCUT2D eigenvalue weighted by molar-refractivity contribution is 5.94. The number of aliphatic hydroxyl groups is 1. The lowest BCUT2D eigenvalue weighted by Crippen LogP contribution is -2.42. The second-order valence-electron chi connectivity index (χ2n) is 5.12.